The highest BCUT2D eigenvalue weighted by Gasteiger charge is 2.22. The van der Waals surface area contributed by atoms with Crippen LogP contribution in [0.2, 0.25) is 0 Å². The van der Waals surface area contributed by atoms with Crippen LogP contribution in [-0.4, -0.2) is 66.6 Å². The number of carbonyl (C=O) groups is 1. The van der Waals surface area contributed by atoms with Crippen LogP contribution in [0.15, 0.2) is 29.3 Å². The SMILES string of the molecule is CCNC(=NCc1ccc(C(=O)N(C)C)cc1)N1CC[C@@H](O)C1.I. The number of guanidine groups is 1. The lowest BCUT2D eigenvalue weighted by molar-refractivity contribution is 0.0827. The Kier molecular flexibility index (Phi) is 8.47. The molecule has 2 rings (SSSR count). The molecule has 1 aromatic rings. The molecule has 0 saturated carbocycles. The van der Waals surface area contributed by atoms with Crippen LogP contribution < -0.4 is 5.32 Å². The minimum absolute atomic E-state index is 0. The van der Waals surface area contributed by atoms with E-state index >= 15 is 0 Å². The average Bonchev–Trinajstić information content (AvgIpc) is 2.97. The van der Waals surface area contributed by atoms with E-state index in [2.05, 4.69) is 15.2 Å². The van der Waals surface area contributed by atoms with Gasteiger partial charge in [0.2, 0.25) is 0 Å². The van der Waals surface area contributed by atoms with Gasteiger partial charge < -0.3 is 20.2 Å². The molecule has 0 bridgehead atoms. The van der Waals surface area contributed by atoms with Gasteiger partial charge in [0.15, 0.2) is 5.96 Å². The standard InChI is InChI=1S/C17H26N4O2.HI/c1-4-18-17(21-10-9-15(22)12-21)19-11-13-5-7-14(8-6-13)16(23)20(2)3;/h5-8,15,22H,4,9-12H2,1-3H3,(H,18,19);1H/t15-;/m1./s1. The Morgan fingerprint density at radius 3 is 2.54 bits per heavy atom. The van der Waals surface area contributed by atoms with Gasteiger partial charge in [-0.3, -0.25) is 4.79 Å². The number of carbonyl (C=O) groups excluding carboxylic acids is 1. The van der Waals surface area contributed by atoms with Crippen LogP contribution in [0.5, 0.6) is 0 Å². The fourth-order valence-corrected chi connectivity index (χ4v) is 2.54. The fraction of sp³-hybridized carbons (Fsp3) is 0.529. The molecular weight excluding hydrogens is 419 g/mol. The number of amides is 1. The molecular formula is C17H27IN4O2. The van der Waals surface area contributed by atoms with Gasteiger partial charge in [0.1, 0.15) is 0 Å². The molecule has 1 aromatic carbocycles. The van der Waals surface area contributed by atoms with Crippen molar-refractivity contribution in [1.82, 2.24) is 15.1 Å². The monoisotopic (exact) mass is 446 g/mol. The zero-order valence-electron chi connectivity index (χ0n) is 14.5. The largest absolute Gasteiger partial charge is 0.391 e. The third-order valence-electron chi connectivity index (χ3n) is 3.82. The summed E-state index contributed by atoms with van der Waals surface area (Å²) in [5.41, 5.74) is 1.73. The van der Waals surface area contributed by atoms with E-state index < -0.39 is 0 Å². The smallest absolute Gasteiger partial charge is 0.253 e. The second-order valence-corrected chi connectivity index (χ2v) is 5.96. The summed E-state index contributed by atoms with van der Waals surface area (Å²) in [7, 11) is 3.49. The van der Waals surface area contributed by atoms with E-state index in [0.29, 0.717) is 18.7 Å². The number of halogens is 1. The molecule has 1 aliphatic heterocycles. The van der Waals surface area contributed by atoms with E-state index in [1.165, 1.54) is 0 Å². The molecule has 1 heterocycles. The maximum atomic E-state index is 11.9. The summed E-state index contributed by atoms with van der Waals surface area (Å²) >= 11 is 0. The predicted octanol–water partition coefficient (Wildman–Crippen LogP) is 1.54. The highest BCUT2D eigenvalue weighted by atomic mass is 127. The van der Waals surface area contributed by atoms with Crippen LogP contribution in [0.25, 0.3) is 0 Å². The van der Waals surface area contributed by atoms with Crippen molar-refractivity contribution < 1.29 is 9.90 Å². The van der Waals surface area contributed by atoms with E-state index in [0.717, 1.165) is 31.0 Å². The lowest BCUT2D eigenvalue weighted by Crippen LogP contribution is -2.40. The van der Waals surface area contributed by atoms with Crippen molar-refractivity contribution in [3.8, 4) is 0 Å². The lowest BCUT2D eigenvalue weighted by atomic mass is 10.1. The number of β-amino-alcohol motifs (C(OH)–C–C–N with tert-alkyl or cyclic N) is 1. The van der Waals surface area contributed by atoms with Gasteiger partial charge >= 0.3 is 0 Å². The van der Waals surface area contributed by atoms with Gasteiger partial charge in [-0.05, 0) is 31.0 Å². The number of rotatable bonds is 4. The highest BCUT2D eigenvalue weighted by molar-refractivity contribution is 14.0. The normalized spacial score (nSPS) is 17.4. The van der Waals surface area contributed by atoms with Crippen molar-refractivity contribution >= 4 is 35.8 Å². The van der Waals surface area contributed by atoms with Gasteiger partial charge in [0.25, 0.3) is 5.91 Å². The zero-order valence-corrected chi connectivity index (χ0v) is 16.9. The molecule has 0 aliphatic carbocycles. The second kappa shape index (κ2) is 9.83. The number of nitrogens with one attached hydrogen (secondary N) is 1. The molecule has 134 valence electrons. The van der Waals surface area contributed by atoms with Crippen molar-refractivity contribution in [3.05, 3.63) is 35.4 Å². The van der Waals surface area contributed by atoms with Crippen molar-refractivity contribution in [3.63, 3.8) is 0 Å². The molecule has 1 saturated heterocycles. The van der Waals surface area contributed by atoms with Gasteiger partial charge in [-0.25, -0.2) is 4.99 Å². The van der Waals surface area contributed by atoms with Gasteiger partial charge in [-0.2, -0.15) is 0 Å². The number of aliphatic imine (C=N–C) groups is 1. The molecule has 2 N–H and O–H groups in total. The quantitative estimate of drug-likeness (QED) is 0.419. The molecule has 24 heavy (non-hydrogen) atoms. The summed E-state index contributed by atoms with van der Waals surface area (Å²) in [6.45, 7) is 4.82. The van der Waals surface area contributed by atoms with Gasteiger partial charge in [-0.1, -0.05) is 12.1 Å². The number of hydrogen-bond donors (Lipinski definition) is 2. The van der Waals surface area contributed by atoms with E-state index in [-0.39, 0.29) is 36.0 Å². The van der Waals surface area contributed by atoms with Crippen LogP contribution in [-0.2, 0) is 6.54 Å². The molecule has 0 unspecified atom stereocenters. The summed E-state index contributed by atoms with van der Waals surface area (Å²) in [4.78, 5) is 20.2. The first-order valence-electron chi connectivity index (χ1n) is 8.03. The number of hydrogen-bond acceptors (Lipinski definition) is 3. The molecule has 1 atom stereocenters. The summed E-state index contributed by atoms with van der Waals surface area (Å²) in [6, 6.07) is 7.53. The van der Waals surface area contributed by atoms with Gasteiger partial charge in [-0.15, -0.1) is 24.0 Å². The predicted molar refractivity (Wildman–Crippen MR) is 107 cm³/mol. The molecule has 1 amide bonds. The summed E-state index contributed by atoms with van der Waals surface area (Å²) in [5, 5.41) is 12.9. The van der Waals surface area contributed by atoms with Crippen molar-refractivity contribution in [2.45, 2.75) is 26.0 Å². The maximum absolute atomic E-state index is 11.9. The Bertz CT molecular complexity index is 560. The first kappa shape index (κ1) is 20.7. The van der Waals surface area contributed by atoms with Gasteiger partial charge in [0, 0.05) is 39.3 Å². The number of aliphatic hydroxyl groups is 1. The zero-order chi connectivity index (χ0) is 16.8. The molecule has 0 spiro atoms. The third-order valence-corrected chi connectivity index (χ3v) is 3.82. The van der Waals surface area contributed by atoms with Gasteiger partial charge in [0.05, 0.1) is 12.6 Å². The van der Waals surface area contributed by atoms with E-state index in [1.54, 1.807) is 19.0 Å². The highest BCUT2D eigenvalue weighted by Crippen LogP contribution is 2.11. The Morgan fingerprint density at radius 2 is 2.04 bits per heavy atom. The van der Waals surface area contributed by atoms with Crippen molar-refractivity contribution in [2.24, 2.45) is 4.99 Å². The second-order valence-electron chi connectivity index (χ2n) is 5.96. The number of nitrogens with zero attached hydrogens (tertiary/aromatic N) is 3. The fourth-order valence-electron chi connectivity index (χ4n) is 2.54. The summed E-state index contributed by atoms with van der Waals surface area (Å²) in [6.07, 6.45) is 0.515. The van der Waals surface area contributed by atoms with Crippen LogP contribution in [0.1, 0.15) is 29.3 Å². The maximum Gasteiger partial charge on any atom is 0.253 e. The molecule has 6 nitrogen and oxygen atoms in total. The Labute approximate surface area is 161 Å². The van der Waals surface area contributed by atoms with E-state index in [9.17, 15) is 9.90 Å². The topological polar surface area (TPSA) is 68.2 Å². The number of aliphatic hydroxyl groups excluding tert-OH is 1. The number of benzene rings is 1. The first-order chi connectivity index (χ1) is 11.0. The van der Waals surface area contributed by atoms with E-state index in [4.69, 9.17) is 0 Å². The van der Waals surface area contributed by atoms with Crippen LogP contribution in [0.3, 0.4) is 0 Å². The summed E-state index contributed by atoms with van der Waals surface area (Å²) in [5.74, 6) is 0.830. The van der Waals surface area contributed by atoms with Crippen LogP contribution in [0.4, 0.5) is 0 Å². The van der Waals surface area contributed by atoms with Crippen molar-refractivity contribution in [2.75, 3.05) is 33.7 Å². The Morgan fingerprint density at radius 1 is 1.38 bits per heavy atom. The van der Waals surface area contributed by atoms with E-state index in [1.807, 2.05) is 31.2 Å². The van der Waals surface area contributed by atoms with Crippen LogP contribution in [0, 0.1) is 0 Å². The van der Waals surface area contributed by atoms with Crippen molar-refractivity contribution in [1.29, 1.82) is 0 Å². The van der Waals surface area contributed by atoms with Crippen LogP contribution >= 0.6 is 24.0 Å². The Hall–Kier alpha value is -1.35. The number of likely N-dealkylation sites (tertiary alicyclic amines) is 1. The third kappa shape index (κ3) is 5.62. The molecule has 0 radical (unpaired) electrons. The Balaban J connectivity index is 0.00000288. The summed E-state index contributed by atoms with van der Waals surface area (Å²) < 4.78 is 0. The first-order valence-corrected chi connectivity index (χ1v) is 8.03. The molecule has 1 aliphatic rings. The molecule has 0 aromatic heterocycles. The lowest BCUT2D eigenvalue weighted by Gasteiger charge is -2.21. The average molecular weight is 446 g/mol. The minimum Gasteiger partial charge on any atom is -0.391 e. The molecule has 7 heteroatoms. The molecule has 1 fully saturated rings. The minimum atomic E-state index is -0.268.